The first kappa shape index (κ1) is 23.8. The van der Waals surface area contributed by atoms with Crippen molar-refractivity contribution in [1.29, 1.82) is 0 Å². The average Bonchev–Trinajstić information content (AvgIpc) is 2.68. The molecule has 1 amide bonds. The molecule has 1 aromatic carbocycles. The van der Waals surface area contributed by atoms with Crippen molar-refractivity contribution < 1.29 is 14.6 Å². The number of aliphatic hydroxyl groups is 1. The summed E-state index contributed by atoms with van der Waals surface area (Å²) in [5.41, 5.74) is 0.754. The molecule has 0 aliphatic heterocycles. The van der Waals surface area contributed by atoms with Crippen LogP contribution in [0.4, 0.5) is 5.69 Å². The number of carbonyl (C=O) groups is 1. The second-order valence-electron chi connectivity index (χ2n) is 6.86. The van der Waals surface area contributed by atoms with Crippen LogP contribution in [0.2, 0.25) is 0 Å². The monoisotopic (exact) mass is 392 g/mol. The predicted octanol–water partition coefficient (Wildman–Crippen LogP) is 2.77. The van der Waals surface area contributed by atoms with Crippen LogP contribution in [0.5, 0.6) is 5.75 Å². The van der Waals surface area contributed by atoms with Crippen LogP contribution in [0, 0.1) is 5.41 Å². The number of nitrogens with zero attached hydrogens (tertiary/aromatic N) is 1. The van der Waals surface area contributed by atoms with Gasteiger partial charge >= 0.3 is 0 Å². The first-order valence-corrected chi connectivity index (χ1v) is 10.1. The molecule has 7 heteroatoms. The molecule has 0 spiro atoms. The summed E-state index contributed by atoms with van der Waals surface area (Å²) in [6.07, 6.45) is 2.73. The summed E-state index contributed by atoms with van der Waals surface area (Å²) in [6.45, 7) is 10.5. The zero-order chi connectivity index (χ0) is 20.8. The Bertz CT molecular complexity index is 615. The Morgan fingerprint density at radius 3 is 2.57 bits per heavy atom. The maximum absolute atomic E-state index is 11.1. The number of benzene rings is 1. The van der Waals surface area contributed by atoms with E-state index in [-0.39, 0.29) is 17.9 Å². The Hall–Kier alpha value is -2.28. The van der Waals surface area contributed by atoms with Crippen LogP contribution in [-0.2, 0) is 4.79 Å². The zero-order valence-electron chi connectivity index (χ0n) is 17.7. The number of aliphatic imine (C=N–C) groups is 1. The Kier molecular flexibility index (Phi) is 11.0. The molecule has 0 fully saturated rings. The van der Waals surface area contributed by atoms with E-state index in [0.29, 0.717) is 31.1 Å². The minimum Gasteiger partial charge on any atom is -0.492 e. The van der Waals surface area contributed by atoms with Gasteiger partial charge in [-0.15, -0.1) is 0 Å². The lowest BCUT2D eigenvalue weighted by molar-refractivity contribution is -0.114. The molecule has 7 nitrogen and oxygen atoms in total. The Balaban J connectivity index is 2.56. The second-order valence-corrected chi connectivity index (χ2v) is 6.86. The molecule has 0 atom stereocenters. The SMILES string of the molecule is CCNC(=NCC(CC)(CC)CCO)NCCOc1cccc(NC(C)=O)c1. The molecule has 0 saturated carbocycles. The number of hydrogen-bond acceptors (Lipinski definition) is 4. The summed E-state index contributed by atoms with van der Waals surface area (Å²) in [7, 11) is 0. The van der Waals surface area contributed by atoms with Gasteiger partial charge in [-0.3, -0.25) is 9.79 Å². The van der Waals surface area contributed by atoms with Gasteiger partial charge in [-0.05, 0) is 43.7 Å². The van der Waals surface area contributed by atoms with Crippen LogP contribution in [0.25, 0.3) is 0 Å². The molecular weight excluding hydrogens is 356 g/mol. The number of amides is 1. The van der Waals surface area contributed by atoms with Gasteiger partial charge in [0.2, 0.25) is 5.91 Å². The third-order valence-electron chi connectivity index (χ3n) is 4.88. The van der Waals surface area contributed by atoms with Crippen LogP contribution < -0.4 is 20.7 Å². The van der Waals surface area contributed by atoms with Gasteiger partial charge in [0.15, 0.2) is 5.96 Å². The second kappa shape index (κ2) is 13.0. The molecule has 0 heterocycles. The lowest BCUT2D eigenvalue weighted by Gasteiger charge is -2.29. The van der Waals surface area contributed by atoms with E-state index < -0.39 is 0 Å². The van der Waals surface area contributed by atoms with E-state index in [9.17, 15) is 9.90 Å². The van der Waals surface area contributed by atoms with Crippen LogP contribution >= 0.6 is 0 Å². The van der Waals surface area contributed by atoms with E-state index >= 15 is 0 Å². The molecule has 158 valence electrons. The maximum Gasteiger partial charge on any atom is 0.221 e. The largest absolute Gasteiger partial charge is 0.492 e. The van der Waals surface area contributed by atoms with E-state index in [4.69, 9.17) is 9.73 Å². The van der Waals surface area contributed by atoms with Gasteiger partial charge in [-0.1, -0.05) is 19.9 Å². The third-order valence-corrected chi connectivity index (χ3v) is 4.88. The van der Waals surface area contributed by atoms with E-state index in [2.05, 4.69) is 29.8 Å². The first-order valence-electron chi connectivity index (χ1n) is 10.1. The Labute approximate surface area is 169 Å². The van der Waals surface area contributed by atoms with Gasteiger partial charge in [0, 0.05) is 38.4 Å². The van der Waals surface area contributed by atoms with Crippen molar-refractivity contribution in [2.24, 2.45) is 10.4 Å². The van der Waals surface area contributed by atoms with E-state index in [1.54, 1.807) is 6.07 Å². The van der Waals surface area contributed by atoms with Crippen molar-refractivity contribution in [3.8, 4) is 5.75 Å². The van der Waals surface area contributed by atoms with Crippen LogP contribution in [0.1, 0.15) is 47.0 Å². The molecule has 0 aliphatic carbocycles. The standard InChI is InChI=1S/C21H36N4O3/c1-5-21(6-2,11-13-26)16-24-20(22-7-3)23-12-14-28-19-10-8-9-18(15-19)25-17(4)27/h8-10,15,26H,5-7,11-14,16H2,1-4H3,(H,25,27)(H2,22,23,24). The number of aliphatic hydroxyl groups excluding tert-OH is 1. The molecule has 28 heavy (non-hydrogen) atoms. The number of nitrogens with one attached hydrogen (secondary N) is 3. The van der Waals surface area contributed by atoms with E-state index in [0.717, 1.165) is 31.8 Å². The highest BCUT2D eigenvalue weighted by atomic mass is 16.5. The molecule has 0 saturated heterocycles. The molecule has 0 aliphatic rings. The number of ether oxygens (including phenoxy) is 1. The zero-order valence-corrected chi connectivity index (χ0v) is 17.7. The smallest absolute Gasteiger partial charge is 0.221 e. The number of hydrogen-bond donors (Lipinski definition) is 4. The lowest BCUT2D eigenvalue weighted by atomic mass is 9.79. The summed E-state index contributed by atoms with van der Waals surface area (Å²) in [5.74, 6) is 1.35. The number of guanidine groups is 1. The fourth-order valence-electron chi connectivity index (χ4n) is 2.94. The normalized spacial score (nSPS) is 11.8. The van der Waals surface area contributed by atoms with Crippen molar-refractivity contribution in [2.45, 2.75) is 47.0 Å². The van der Waals surface area contributed by atoms with E-state index in [1.165, 1.54) is 6.92 Å². The summed E-state index contributed by atoms with van der Waals surface area (Å²) in [6, 6.07) is 7.32. The molecule has 1 rings (SSSR count). The molecule has 0 radical (unpaired) electrons. The summed E-state index contributed by atoms with van der Waals surface area (Å²) < 4.78 is 5.75. The van der Waals surface area contributed by atoms with Gasteiger partial charge < -0.3 is 25.8 Å². The quantitative estimate of drug-likeness (QED) is 0.249. The van der Waals surface area contributed by atoms with Crippen LogP contribution in [0.15, 0.2) is 29.3 Å². The van der Waals surface area contributed by atoms with Crippen molar-refractivity contribution >= 4 is 17.6 Å². The highest BCUT2D eigenvalue weighted by molar-refractivity contribution is 5.88. The molecule has 4 N–H and O–H groups in total. The van der Waals surface area contributed by atoms with Gasteiger partial charge in [0.25, 0.3) is 0 Å². The number of rotatable bonds is 12. The van der Waals surface area contributed by atoms with Gasteiger partial charge in [0.05, 0.1) is 6.54 Å². The van der Waals surface area contributed by atoms with Crippen LogP contribution in [-0.4, -0.2) is 49.8 Å². The summed E-state index contributed by atoms with van der Waals surface area (Å²) in [4.78, 5) is 15.9. The fourth-order valence-corrected chi connectivity index (χ4v) is 2.94. The maximum atomic E-state index is 11.1. The van der Waals surface area contributed by atoms with E-state index in [1.807, 2.05) is 25.1 Å². The van der Waals surface area contributed by atoms with Crippen molar-refractivity contribution in [3.05, 3.63) is 24.3 Å². The topological polar surface area (TPSA) is 95.0 Å². The van der Waals surface area contributed by atoms with Crippen molar-refractivity contribution in [1.82, 2.24) is 10.6 Å². The highest BCUT2D eigenvalue weighted by Gasteiger charge is 2.25. The first-order chi connectivity index (χ1) is 13.5. The van der Waals surface area contributed by atoms with Gasteiger partial charge in [-0.25, -0.2) is 0 Å². The molecular formula is C21H36N4O3. The molecule has 1 aromatic rings. The fraction of sp³-hybridized carbons (Fsp3) is 0.619. The summed E-state index contributed by atoms with van der Waals surface area (Å²) >= 11 is 0. The number of carbonyl (C=O) groups excluding carboxylic acids is 1. The summed E-state index contributed by atoms with van der Waals surface area (Å²) in [5, 5.41) is 18.6. The van der Waals surface area contributed by atoms with Crippen molar-refractivity contribution in [2.75, 3.05) is 38.2 Å². The molecule has 0 unspecified atom stereocenters. The minimum atomic E-state index is -0.109. The predicted molar refractivity (Wildman–Crippen MR) is 115 cm³/mol. The molecule has 0 bridgehead atoms. The Morgan fingerprint density at radius 1 is 1.21 bits per heavy atom. The lowest BCUT2D eigenvalue weighted by Crippen LogP contribution is -2.40. The van der Waals surface area contributed by atoms with Gasteiger partial charge in [-0.2, -0.15) is 0 Å². The highest BCUT2D eigenvalue weighted by Crippen LogP contribution is 2.30. The third kappa shape index (κ3) is 8.61. The minimum absolute atomic E-state index is 0.0394. The molecule has 0 aromatic heterocycles. The van der Waals surface area contributed by atoms with Crippen LogP contribution in [0.3, 0.4) is 0 Å². The number of anilines is 1. The van der Waals surface area contributed by atoms with Gasteiger partial charge in [0.1, 0.15) is 12.4 Å². The van der Waals surface area contributed by atoms with Crippen molar-refractivity contribution in [3.63, 3.8) is 0 Å². The average molecular weight is 393 g/mol. The Morgan fingerprint density at radius 2 is 1.96 bits per heavy atom.